The zero-order chi connectivity index (χ0) is 18.6. The summed E-state index contributed by atoms with van der Waals surface area (Å²) in [7, 11) is 0. The predicted octanol–water partition coefficient (Wildman–Crippen LogP) is 4.91. The topological polar surface area (TPSA) is 56.5 Å². The number of benzene rings is 1. The third-order valence-corrected chi connectivity index (χ3v) is 5.90. The summed E-state index contributed by atoms with van der Waals surface area (Å²) in [5.41, 5.74) is 2.90. The highest BCUT2D eigenvalue weighted by atomic mass is 32.2. The van der Waals surface area contributed by atoms with E-state index in [9.17, 15) is 4.39 Å². The molecule has 4 aromatic rings. The summed E-state index contributed by atoms with van der Waals surface area (Å²) in [5.74, 6) is 1.30. The second-order valence-electron chi connectivity index (χ2n) is 5.73. The lowest BCUT2D eigenvalue weighted by atomic mass is 10.2. The van der Waals surface area contributed by atoms with Gasteiger partial charge in [0.1, 0.15) is 10.8 Å². The van der Waals surface area contributed by atoms with E-state index in [1.807, 2.05) is 17.5 Å². The van der Waals surface area contributed by atoms with Crippen molar-refractivity contribution in [3.8, 4) is 22.0 Å². The van der Waals surface area contributed by atoms with E-state index in [2.05, 4.69) is 31.7 Å². The number of thioether (sulfide) groups is 1. The highest BCUT2D eigenvalue weighted by Crippen LogP contribution is 2.29. The van der Waals surface area contributed by atoms with Crippen molar-refractivity contribution in [3.05, 3.63) is 65.7 Å². The molecule has 0 saturated heterocycles. The predicted molar refractivity (Wildman–Crippen MR) is 106 cm³/mol. The molecule has 0 fully saturated rings. The lowest BCUT2D eigenvalue weighted by molar-refractivity contribution is 0.628. The van der Waals surface area contributed by atoms with Gasteiger partial charge in [-0.05, 0) is 43.3 Å². The molecule has 0 N–H and O–H groups in total. The fraction of sp³-hybridized carbons (Fsp3) is 0.158. The van der Waals surface area contributed by atoms with Crippen molar-refractivity contribution in [2.75, 3.05) is 0 Å². The maximum atomic E-state index is 13.1. The first kappa shape index (κ1) is 17.8. The Kier molecular flexibility index (Phi) is 5.26. The number of thiazole rings is 1. The molecule has 136 valence electrons. The van der Waals surface area contributed by atoms with Crippen LogP contribution < -0.4 is 0 Å². The van der Waals surface area contributed by atoms with Gasteiger partial charge in [-0.1, -0.05) is 11.8 Å². The van der Waals surface area contributed by atoms with Gasteiger partial charge in [-0.2, -0.15) is 0 Å². The molecule has 8 heteroatoms. The average Bonchev–Trinajstić information content (AvgIpc) is 3.34. The summed E-state index contributed by atoms with van der Waals surface area (Å²) < 4.78 is 15.2. The molecule has 3 aromatic heterocycles. The third kappa shape index (κ3) is 3.91. The van der Waals surface area contributed by atoms with Crippen LogP contribution in [0.2, 0.25) is 0 Å². The monoisotopic (exact) mass is 397 g/mol. The Bertz CT molecular complexity index is 1030. The maximum Gasteiger partial charge on any atom is 0.191 e. The second kappa shape index (κ2) is 7.98. The number of rotatable bonds is 6. The van der Waals surface area contributed by atoms with Crippen molar-refractivity contribution in [3.63, 3.8) is 0 Å². The van der Waals surface area contributed by atoms with Crippen LogP contribution in [0.4, 0.5) is 4.39 Å². The summed E-state index contributed by atoms with van der Waals surface area (Å²) in [4.78, 5) is 8.71. The van der Waals surface area contributed by atoms with Gasteiger partial charge in [-0.3, -0.25) is 4.98 Å². The van der Waals surface area contributed by atoms with E-state index >= 15 is 0 Å². The zero-order valence-corrected chi connectivity index (χ0v) is 16.2. The molecule has 0 aliphatic carbocycles. The zero-order valence-electron chi connectivity index (χ0n) is 14.5. The molecule has 0 atom stereocenters. The Labute approximate surface area is 164 Å². The Morgan fingerprint density at radius 2 is 1.81 bits per heavy atom. The number of pyridine rings is 1. The molecule has 0 spiro atoms. The SMILES string of the molecule is CCn1c(SCc2csc(-c3ccc(F)cc3)n2)nnc1-c1ccncc1. The molecule has 3 heterocycles. The van der Waals surface area contributed by atoms with Gasteiger partial charge < -0.3 is 4.57 Å². The van der Waals surface area contributed by atoms with Gasteiger partial charge in [0.05, 0.1) is 5.69 Å². The Morgan fingerprint density at radius 3 is 2.56 bits per heavy atom. The largest absolute Gasteiger partial charge is 0.302 e. The molecule has 0 bridgehead atoms. The van der Waals surface area contributed by atoms with Gasteiger partial charge in [-0.25, -0.2) is 9.37 Å². The first-order valence-corrected chi connectivity index (χ1v) is 10.3. The molecular formula is C19H16FN5S2. The number of aromatic nitrogens is 5. The average molecular weight is 398 g/mol. The minimum Gasteiger partial charge on any atom is -0.302 e. The highest BCUT2D eigenvalue weighted by Gasteiger charge is 2.14. The lowest BCUT2D eigenvalue weighted by Gasteiger charge is -2.06. The molecule has 0 radical (unpaired) electrons. The van der Waals surface area contributed by atoms with Gasteiger partial charge in [0.15, 0.2) is 11.0 Å². The van der Waals surface area contributed by atoms with Gasteiger partial charge in [0.2, 0.25) is 0 Å². The highest BCUT2D eigenvalue weighted by molar-refractivity contribution is 7.98. The molecule has 27 heavy (non-hydrogen) atoms. The first-order chi connectivity index (χ1) is 13.2. The molecule has 0 aliphatic rings. The van der Waals surface area contributed by atoms with Crippen molar-refractivity contribution in [2.45, 2.75) is 24.4 Å². The fourth-order valence-corrected chi connectivity index (χ4v) is 4.46. The summed E-state index contributed by atoms with van der Waals surface area (Å²) in [6, 6.07) is 10.3. The quantitative estimate of drug-likeness (QED) is 0.433. The van der Waals surface area contributed by atoms with E-state index in [-0.39, 0.29) is 5.82 Å². The van der Waals surface area contributed by atoms with Crippen LogP contribution in [0.5, 0.6) is 0 Å². The molecule has 0 unspecified atom stereocenters. The van der Waals surface area contributed by atoms with Crippen molar-refractivity contribution >= 4 is 23.1 Å². The molecule has 4 rings (SSSR count). The normalized spacial score (nSPS) is 11.0. The van der Waals surface area contributed by atoms with E-state index in [0.717, 1.165) is 39.4 Å². The molecule has 1 aromatic carbocycles. The van der Waals surface area contributed by atoms with E-state index in [0.29, 0.717) is 5.75 Å². The number of halogens is 1. The standard InChI is InChI=1S/C19H16FN5S2/c1-2-25-17(13-7-9-21-10-8-13)23-24-19(25)27-12-16-11-26-18(22-16)14-3-5-15(20)6-4-14/h3-11H,2,12H2,1H3. The minimum atomic E-state index is -0.241. The van der Waals surface area contributed by atoms with Crippen LogP contribution in [0.25, 0.3) is 22.0 Å². The number of hydrogen-bond donors (Lipinski definition) is 0. The Balaban J connectivity index is 1.50. The van der Waals surface area contributed by atoms with Crippen LogP contribution in [0.1, 0.15) is 12.6 Å². The van der Waals surface area contributed by atoms with Gasteiger partial charge >= 0.3 is 0 Å². The molecular weight excluding hydrogens is 381 g/mol. The second-order valence-corrected chi connectivity index (χ2v) is 7.53. The van der Waals surface area contributed by atoms with Crippen LogP contribution in [0.15, 0.2) is 59.3 Å². The summed E-state index contributed by atoms with van der Waals surface area (Å²) in [6.07, 6.45) is 3.51. The molecule has 0 saturated carbocycles. The maximum absolute atomic E-state index is 13.1. The van der Waals surface area contributed by atoms with Crippen LogP contribution in [0, 0.1) is 5.82 Å². The van der Waals surface area contributed by atoms with Crippen LogP contribution in [-0.4, -0.2) is 24.7 Å². The van der Waals surface area contributed by atoms with Crippen molar-refractivity contribution in [1.82, 2.24) is 24.7 Å². The third-order valence-electron chi connectivity index (χ3n) is 3.96. The van der Waals surface area contributed by atoms with Gasteiger partial charge in [-0.15, -0.1) is 21.5 Å². The van der Waals surface area contributed by atoms with Crippen LogP contribution >= 0.6 is 23.1 Å². The lowest BCUT2D eigenvalue weighted by Crippen LogP contribution is -2.00. The fourth-order valence-electron chi connectivity index (χ4n) is 2.63. The smallest absolute Gasteiger partial charge is 0.191 e. The number of nitrogens with zero attached hydrogens (tertiary/aromatic N) is 5. The van der Waals surface area contributed by atoms with E-state index in [1.54, 1.807) is 47.6 Å². The molecule has 0 amide bonds. The summed E-state index contributed by atoms with van der Waals surface area (Å²) >= 11 is 3.17. The van der Waals surface area contributed by atoms with E-state index in [1.165, 1.54) is 12.1 Å². The molecule has 5 nitrogen and oxygen atoms in total. The van der Waals surface area contributed by atoms with Crippen molar-refractivity contribution in [1.29, 1.82) is 0 Å². The van der Waals surface area contributed by atoms with Crippen LogP contribution in [0.3, 0.4) is 0 Å². The van der Waals surface area contributed by atoms with Crippen molar-refractivity contribution in [2.24, 2.45) is 0 Å². The summed E-state index contributed by atoms with van der Waals surface area (Å²) in [6.45, 7) is 2.86. The van der Waals surface area contributed by atoms with E-state index in [4.69, 9.17) is 0 Å². The van der Waals surface area contributed by atoms with Gasteiger partial charge in [0, 0.05) is 41.2 Å². The Morgan fingerprint density at radius 1 is 1.04 bits per heavy atom. The van der Waals surface area contributed by atoms with E-state index < -0.39 is 0 Å². The Hall–Kier alpha value is -2.58. The van der Waals surface area contributed by atoms with Gasteiger partial charge in [0.25, 0.3) is 0 Å². The number of hydrogen-bond acceptors (Lipinski definition) is 6. The van der Waals surface area contributed by atoms with Crippen molar-refractivity contribution < 1.29 is 4.39 Å². The minimum absolute atomic E-state index is 0.241. The molecule has 0 aliphatic heterocycles. The first-order valence-electron chi connectivity index (χ1n) is 8.41. The summed E-state index contributed by atoms with van der Waals surface area (Å²) in [5, 5.41) is 12.5. The van der Waals surface area contributed by atoms with Crippen LogP contribution in [-0.2, 0) is 12.3 Å².